The number of nitrogens with zero attached hydrogens (tertiary/aromatic N) is 1. The highest BCUT2D eigenvalue weighted by atomic mass is 35.5. The summed E-state index contributed by atoms with van der Waals surface area (Å²) >= 11 is 6.01. The van der Waals surface area contributed by atoms with Gasteiger partial charge in [0.25, 0.3) is 0 Å². The molecule has 1 aromatic heterocycles. The lowest BCUT2D eigenvalue weighted by Crippen LogP contribution is -2.32. The molecule has 0 bridgehead atoms. The van der Waals surface area contributed by atoms with Gasteiger partial charge in [0.05, 0.1) is 4.90 Å². The van der Waals surface area contributed by atoms with Crippen LogP contribution in [0.4, 0.5) is 0 Å². The molecule has 0 unspecified atom stereocenters. The number of hydrogen-bond acceptors (Lipinski definition) is 2. The third-order valence-electron chi connectivity index (χ3n) is 5.36. The summed E-state index contributed by atoms with van der Waals surface area (Å²) in [5.74, 6) is 0. The zero-order chi connectivity index (χ0) is 18.5. The van der Waals surface area contributed by atoms with Crippen molar-refractivity contribution in [3.8, 4) is 0 Å². The van der Waals surface area contributed by atoms with E-state index >= 15 is 0 Å². The van der Waals surface area contributed by atoms with Crippen molar-refractivity contribution in [2.75, 3.05) is 6.54 Å². The fraction of sp³-hybridized carbons (Fsp3) is 0.300. The van der Waals surface area contributed by atoms with Gasteiger partial charge in [-0.2, -0.15) is 0 Å². The first-order valence-corrected chi connectivity index (χ1v) is 10.5. The zero-order valence-electron chi connectivity index (χ0n) is 14.8. The second-order valence-corrected chi connectivity index (χ2v) is 9.36. The van der Waals surface area contributed by atoms with Crippen molar-refractivity contribution >= 4 is 32.5 Å². The molecule has 0 spiro atoms. The normalized spacial score (nSPS) is 16.1. The molecule has 1 aliphatic rings. The van der Waals surface area contributed by atoms with Crippen molar-refractivity contribution in [2.24, 2.45) is 7.05 Å². The number of sulfonamides is 1. The number of halogens is 1. The molecule has 136 valence electrons. The Morgan fingerprint density at radius 3 is 2.62 bits per heavy atom. The average molecular weight is 389 g/mol. The summed E-state index contributed by atoms with van der Waals surface area (Å²) in [4.78, 5) is 0.258. The number of hydrogen-bond donors (Lipinski definition) is 1. The summed E-state index contributed by atoms with van der Waals surface area (Å²) in [7, 11) is -1.53. The quantitative estimate of drug-likeness (QED) is 0.713. The first-order chi connectivity index (χ1) is 12.3. The van der Waals surface area contributed by atoms with Crippen LogP contribution in [0.25, 0.3) is 10.9 Å². The Bertz CT molecular complexity index is 1100. The minimum Gasteiger partial charge on any atom is -0.350 e. The summed E-state index contributed by atoms with van der Waals surface area (Å²) in [5, 5.41) is 1.77. The van der Waals surface area contributed by atoms with Crippen LogP contribution in [-0.2, 0) is 22.5 Å². The Kier molecular flexibility index (Phi) is 4.14. The number of para-hydroxylation sites is 1. The molecule has 1 aliphatic carbocycles. The molecule has 2 aromatic carbocycles. The van der Waals surface area contributed by atoms with E-state index in [2.05, 4.69) is 27.6 Å². The number of fused-ring (bicyclic) bond motifs is 1. The first-order valence-electron chi connectivity index (χ1n) is 8.63. The van der Waals surface area contributed by atoms with E-state index in [0.29, 0.717) is 11.6 Å². The van der Waals surface area contributed by atoms with Crippen molar-refractivity contribution < 1.29 is 8.42 Å². The van der Waals surface area contributed by atoms with Crippen molar-refractivity contribution in [1.29, 1.82) is 0 Å². The van der Waals surface area contributed by atoms with Gasteiger partial charge >= 0.3 is 0 Å². The van der Waals surface area contributed by atoms with Gasteiger partial charge in [0, 0.05) is 41.1 Å². The zero-order valence-corrected chi connectivity index (χ0v) is 16.4. The second-order valence-electron chi connectivity index (χ2n) is 7.19. The van der Waals surface area contributed by atoms with Gasteiger partial charge in [-0.25, -0.2) is 13.1 Å². The molecule has 1 heterocycles. The highest BCUT2D eigenvalue weighted by molar-refractivity contribution is 7.89. The Morgan fingerprint density at radius 2 is 1.92 bits per heavy atom. The van der Waals surface area contributed by atoms with Crippen molar-refractivity contribution in [1.82, 2.24) is 9.29 Å². The number of rotatable bonds is 5. The Labute approximate surface area is 158 Å². The topological polar surface area (TPSA) is 51.1 Å². The number of aromatic nitrogens is 1. The van der Waals surface area contributed by atoms with Crippen LogP contribution in [0.2, 0.25) is 5.02 Å². The Balaban J connectivity index is 1.61. The minimum atomic E-state index is -3.56. The van der Waals surface area contributed by atoms with Crippen LogP contribution < -0.4 is 4.72 Å². The third kappa shape index (κ3) is 2.94. The van der Waals surface area contributed by atoms with Gasteiger partial charge in [-0.3, -0.25) is 0 Å². The molecule has 4 nitrogen and oxygen atoms in total. The molecule has 0 saturated heterocycles. The Morgan fingerprint density at radius 1 is 1.19 bits per heavy atom. The van der Waals surface area contributed by atoms with Crippen molar-refractivity contribution in [2.45, 2.75) is 30.1 Å². The highest BCUT2D eigenvalue weighted by Crippen LogP contribution is 2.50. The summed E-state index contributed by atoms with van der Waals surface area (Å²) < 4.78 is 30.4. The van der Waals surface area contributed by atoms with Gasteiger partial charge in [-0.15, -0.1) is 0 Å². The number of benzene rings is 2. The predicted molar refractivity (Wildman–Crippen MR) is 105 cm³/mol. The molecular weight excluding hydrogens is 368 g/mol. The summed E-state index contributed by atoms with van der Waals surface area (Å²) in [6.45, 7) is 2.21. The van der Waals surface area contributed by atoms with Crippen LogP contribution in [-0.4, -0.2) is 19.5 Å². The van der Waals surface area contributed by atoms with Gasteiger partial charge < -0.3 is 4.57 Å². The standard InChI is InChI=1S/C20H21ClN2O2S/c1-14-11-15(7-8-18(14)21)26(24,25)22-13-20(9-10-20)17-12-23(2)19-6-4-3-5-16(17)19/h3-8,11-12,22H,9-10,13H2,1-2H3. The highest BCUT2D eigenvalue weighted by Gasteiger charge is 2.46. The van der Waals surface area contributed by atoms with Crippen LogP contribution in [0, 0.1) is 6.92 Å². The molecule has 3 aromatic rings. The van der Waals surface area contributed by atoms with Crippen LogP contribution in [0.3, 0.4) is 0 Å². The van der Waals surface area contributed by atoms with Gasteiger partial charge in [0.2, 0.25) is 10.0 Å². The third-order valence-corrected chi connectivity index (χ3v) is 7.19. The fourth-order valence-corrected chi connectivity index (χ4v) is 4.89. The van der Waals surface area contributed by atoms with E-state index in [-0.39, 0.29) is 10.3 Å². The van der Waals surface area contributed by atoms with Crippen LogP contribution >= 0.6 is 11.6 Å². The average Bonchev–Trinajstić information content (AvgIpc) is 3.34. The van der Waals surface area contributed by atoms with Crippen LogP contribution in [0.15, 0.2) is 53.6 Å². The van der Waals surface area contributed by atoms with E-state index in [1.807, 2.05) is 19.2 Å². The van der Waals surface area contributed by atoms with E-state index in [4.69, 9.17) is 11.6 Å². The van der Waals surface area contributed by atoms with Gasteiger partial charge in [-0.1, -0.05) is 29.8 Å². The molecule has 0 radical (unpaired) electrons. The molecule has 0 aliphatic heterocycles. The molecule has 0 atom stereocenters. The molecule has 4 rings (SSSR count). The first kappa shape index (κ1) is 17.6. The molecule has 1 saturated carbocycles. The van der Waals surface area contributed by atoms with Crippen LogP contribution in [0.5, 0.6) is 0 Å². The largest absolute Gasteiger partial charge is 0.350 e. The molecule has 0 amide bonds. The van der Waals surface area contributed by atoms with Gasteiger partial charge in [0.1, 0.15) is 0 Å². The van der Waals surface area contributed by atoms with E-state index in [0.717, 1.165) is 18.4 Å². The number of nitrogens with one attached hydrogen (secondary N) is 1. The van der Waals surface area contributed by atoms with E-state index in [1.165, 1.54) is 16.5 Å². The molecular formula is C20H21ClN2O2S. The maximum absolute atomic E-state index is 12.7. The van der Waals surface area contributed by atoms with Crippen molar-refractivity contribution in [3.63, 3.8) is 0 Å². The second kappa shape index (κ2) is 6.12. The maximum atomic E-state index is 12.7. The predicted octanol–water partition coefficient (Wildman–Crippen LogP) is 4.15. The molecule has 6 heteroatoms. The summed E-state index contributed by atoms with van der Waals surface area (Å²) in [6, 6.07) is 13.1. The summed E-state index contributed by atoms with van der Waals surface area (Å²) in [6.07, 6.45) is 4.12. The Hall–Kier alpha value is -1.82. The smallest absolute Gasteiger partial charge is 0.240 e. The van der Waals surface area contributed by atoms with E-state index < -0.39 is 10.0 Å². The van der Waals surface area contributed by atoms with E-state index in [9.17, 15) is 8.42 Å². The molecule has 26 heavy (non-hydrogen) atoms. The van der Waals surface area contributed by atoms with Crippen molar-refractivity contribution in [3.05, 3.63) is 64.8 Å². The monoisotopic (exact) mass is 388 g/mol. The molecule has 1 fully saturated rings. The lowest BCUT2D eigenvalue weighted by Gasteiger charge is -2.16. The lowest BCUT2D eigenvalue weighted by atomic mass is 9.96. The summed E-state index contributed by atoms with van der Waals surface area (Å²) in [5.41, 5.74) is 3.04. The SMILES string of the molecule is Cc1cc(S(=O)(=O)NCC2(c3cn(C)c4ccccc34)CC2)ccc1Cl. The van der Waals surface area contributed by atoms with Gasteiger partial charge in [0.15, 0.2) is 0 Å². The molecule has 1 N–H and O–H groups in total. The van der Waals surface area contributed by atoms with Crippen LogP contribution in [0.1, 0.15) is 24.0 Å². The number of aryl methyl sites for hydroxylation is 2. The fourth-order valence-electron chi connectivity index (χ4n) is 3.56. The van der Waals surface area contributed by atoms with Gasteiger partial charge in [-0.05, 0) is 55.2 Å². The maximum Gasteiger partial charge on any atom is 0.240 e. The lowest BCUT2D eigenvalue weighted by molar-refractivity contribution is 0.567. The van der Waals surface area contributed by atoms with E-state index in [1.54, 1.807) is 25.1 Å². The minimum absolute atomic E-state index is 0.116.